The summed E-state index contributed by atoms with van der Waals surface area (Å²) in [5.74, 6) is -0.329. The van der Waals surface area contributed by atoms with Crippen LogP contribution in [0.3, 0.4) is 0 Å². The van der Waals surface area contributed by atoms with Crippen LogP contribution in [-0.2, 0) is 11.2 Å². The third-order valence-electron chi connectivity index (χ3n) is 3.01. The molecule has 0 aliphatic carbocycles. The Balaban J connectivity index is 2.43. The van der Waals surface area contributed by atoms with Crippen LogP contribution in [0.5, 0.6) is 0 Å². The molecule has 0 atom stereocenters. The van der Waals surface area contributed by atoms with Crippen LogP contribution in [0.15, 0.2) is 48.5 Å². The summed E-state index contributed by atoms with van der Waals surface area (Å²) >= 11 is 0. The number of hydrogen-bond acceptors (Lipinski definition) is 3. The topological polar surface area (TPSA) is 46.5 Å². The molecule has 20 heavy (non-hydrogen) atoms. The van der Waals surface area contributed by atoms with Gasteiger partial charge in [0.1, 0.15) is 0 Å². The lowest BCUT2D eigenvalue weighted by Gasteiger charge is -2.09. The van der Waals surface area contributed by atoms with Gasteiger partial charge in [0.15, 0.2) is 0 Å². The van der Waals surface area contributed by atoms with Gasteiger partial charge in [0, 0.05) is 6.61 Å². The number of aliphatic hydroxyl groups is 1. The molecule has 1 N–H and O–H groups in total. The zero-order valence-corrected chi connectivity index (χ0v) is 11.5. The predicted octanol–water partition coefficient (Wildman–Crippen LogP) is 3.07. The van der Waals surface area contributed by atoms with Gasteiger partial charge in [0.25, 0.3) is 0 Å². The Hall–Kier alpha value is -2.13. The van der Waals surface area contributed by atoms with Crippen LogP contribution in [0.2, 0.25) is 0 Å². The van der Waals surface area contributed by atoms with Crippen molar-refractivity contribution in [3.05, 3.63) is 59.7 Å². The lowest BCUT2D eigenvalue weighted by molar-refractivity contribution is 0.0526. The highest BCUT2D eigenvalue weighted by molar-refractivity contribution is 5.91. The highest BCUT2D eigenvalue weighted by atomic mass is 16.5. The van der Waals surface area contributed by atoms with Gasteiger partial charge >= 0.3 is 5.97 Å². The van der Waals surface area contributed by atoms with E-state index in [2.05, 4.69) is 0 Å². The van der Waals surface area contributed by atoms with E-state index in [0.29, 0.717) is 18.6 Å². The fraction of sp³-hybridized carbons (Fsp3) is 0.235. The van der Waals surface area contributed by atoms with E-state index in [9.17, 15) is 4.79 Å². The number of aliphatic hydroxyl groups excluding tert-OH is 1. The van der Waals surface area contributed by atoms with E-state index in [1.807, 2.05) is 42.5 Å². The van der Waals surface area contributed by atoms with E-state index in [1.54, 1.807) is 13.0 Å². The zero-order chi connectivity index (χ0) is 14.4. The van der Waals surface area contributed by atoms with Crippen molar-refractivity contribution in [2.75, 3.05) is 13.2 Å². The van der Waals surface area contributed by atoms with Crippen LogP contribution in [-0.4, -0.2) is 24.3 Å². The quantitative estimate of drug-likeness (QED) is 0.849. The molecule has 0 saturated carbocycles. The summed E-state index contributed by atoms with van der Waals surface area (Å²) in [6, 6.07) is 15.5. The van der Waals surface area contributed by atoms with Gasteiger partial charge in [-0.15, -0.1) is 0 Å². The van der Waals surface area contributed by atoms with Crippen molar-refractivity contribution in [1.29, 1.82) is 0 Å². The van der Waals surface area contributed by atoms with Crippen LogP contribution >= 0.6 is 0 Å². The van der Waals surface area contributed by atoms with E-state index in [-0.39, 0.29) is 12.6 Å². The lowest BCUT2D eigenvalue weighted by Crippen LogP contribution is -2.06. The van der Waals surface area contributed by atoms with Gasteiger partial charge in [-0.1, -0.05) is 36.4 Å². The molecule has 0 aromatic heterocycles. The van der Waals surface area contributed by atoms with Crippen LogP contribution in [0.4, 0.5) is 0 Å². The fourth-order valence-corrected chi connectivity index (χ4v) is 2.09. The minimum Gasteiger partial charge on any atom is -0.462 e. The Bertz CT molecular complexity index is 576. The summed E-state index contributed by atoms with van der Waals surface area (Å²) in [4.78, 5) is 11.9. The molecule has 0 heterocycles. The lowest BCUT2D eigenvalue weighted by atomic mass is 9.98. The molecule has 2 aromatic rings. The van der Waals surface area contributed by atoms with Crippen molar-refractivity contribution < 1.29 is 14.6 Å². The number of carbonyl (C=O) groups is 1. The van der Waals surface area contributed by atoms with Crippen molar-refractivity contribution in [3.63, 3.8) is 0 Å². The number of benzene rings is 2. The Morgan fingerprint density at radius 2 is 1.85 bits per heavy atom. The van der Waals surface area contributed by atoms with Crippen LogP contribution in [0.25, 0.3) is 11.1 Å². The second-order valence-electron chi connectivity index (χ2n) is 4.48. The fourth-order valence-electron chi connectivity index (χ4n) is 2.09. The second-order valence-corrected chi connectivity index (χ2v) is 4.48. The maximum absolute atomic E-state index is 11.9. The molecule has 0 saturated heterocycles. The van der Waals surface area contributed by atoms with Crippen molar-refractivity contribution in [2.24, 2.45) is 0 Å². The maximum Gasteiger partial charge on any atom is 0.338 e. The Kier molecular flexibility index (Phi) is 4.91. The number of carbonyl (C=O) groups excluding carboxylic acids is 1. The van der Waals surface area contributed by atoms with Gasteiger partial charge < -0.3 is 9.84 Å². The highest BCUT2D eigenvalue weighted by Gasteiger charge is 2.10. The summed E-state index contributed by atoms with van der Waals surface area (Å²) in [5, 5.41) is 9.10. The molecule has 0 radical (unpaired) electrons. The number of esters is 1. The summed E-state index contributed by atoms with van der Waals surface area (Å²) in [6.45, 7) is 2.19. The predicted molar refractivity (Wildman–Crippen MR) is 78.6 cm³/mol. The molecule has 0 amide bonds. The summed E-state index contributed by atoms with van der Waals surface area (Å²) in [7, 11) is 0. The molecular formula is C17H18O3. The molecular weight excluding hydrogens is 252 g/mol. The second kappa shape index (κ2) is 6.87. The van der Waals surface area contributed by atoms with E-state index in [1.165, 1.54) is 0 Å². The van der Waals surface area contributed by atoms with E-state index in [4.69, 9.17) is 9.84 Å². The number of hydrogen-bond donors (Lipinski definition) is 1. The zero-order valence-electron chi connectivity index (χ0n) is 11.5. The Labute approximate surface area is 118 Å². The highest BCUT2D eigenvalue weighted by Crippen LogP contribution is 2.23. The summed E-state index contributed by atoms with van der Waals surface area (Å²) < 4.78 is 5.05. The third-order valence-corrected chi connectivity index (χ3v) is 3.01. The van der Waals surface area contributed by atoms with Gasteiger partial charge in [0.05, 0.1) is 12.2 Å². The summed E-state index contributed by atoms with van der Waals surface area (Å²) in [6.07, 6.45) is 0.521. The third kappa shape index (κ3) is 3.45. The van der Waals surface area contributed by atoms with Crippen molar-refractivity contribution in [2.45, 2.75) is 13.3 Å². The van der Waals surface area contributed by atoms with Crippen molar-refractivity contribution in [3.8, 4) is 11.1 Å². The minimum absolute atomic E-state index is 0.0561. The number of ether oxygens (including phenoxy) is 1. The van der Waals surface area contributed by atoms with E-state index >= 15 is 0 Å². The molecule has 0 aliphatic heterocycles. The largest absolute Gasteiger partial charge is 0.462 e. The van der Waals surface area contributed by atoms with Crippen molar-refractivity contribution in [1.82, 2.24) is 0 Å². The molecule has 0 unspecified atom stereocenters. The molecule has 2 rings (SSSR count). The van der Waals surface area contributed by atoms with Crippen LogP contribution in [0.1, 0.15) is 22.8 Å². The molecule has 0 spiro atoms. The average molecular weight is 270 g/mol. The van der Waals surface area contributed by atoms with Gasteiger partial charge in [0.2, 0.25) is 0 Å². The monoisotopic (exact) mass is 270 g/mol. The van der Waals surface area contributed by atoms with Gasteiger partial charge in [-0.2, -0.15) is 0 Å². The van der Waals surface area contributed by atoms with Crippen LogP contribution in [0, 0.1) is 0 Å². The first-order chi connectivity index (χ1) is 9.74. The SMILES string of the molecule is CCOC(=O)c1cc(CCO)cc(-c2ccccc2)c1. The molecule has 0 bridgehead atoms. The van der Waals surface area contributed by atoms with Gasteiger partial charge in [-0.25, -0.2) is 4.79 Å². The smallest absolute Gasteiger partial charge is 0.338 e. The molecule has 104 valence electrons. The first-order valence-corrected chi connectivity index (χ1v) is 6.72. The van der Waals surface area contributed by atoms with Gasteiger partial charge in [-0.05, 0) is 42.2 Å². The molecule has 0 fully saturated rings. The van der Waals surface area contributed by atoms with Gasteiger partial charge in [-0.3, -0.25) is 0 Å². The van der Waals surface area contributed by atoms with E-state index in [0.717, 1.165) is 16.7 Å². The first kappa shape index (κ1) is 14.3. The van der Waals surface area contributed by atoms with E-state index < -0.39 is 0 Å². The molecule has 2 aromatic carbocycles. The summed E-state index contributed by atoms with van der Waals surface area (Å²) in [5.41, 5.74) is 3.45. The number of rotatable bonds is 5. The molecule has 0 aliphatic rings. The average Bonchev–Trinajstić information content (AvgIpc) is 2.48. The first-order valence-electron chi connectivity index (χ1n) is 6.72. The standard InChI is InChI=1S/C17H18O3/c1-2-20-17(19)16-11-13(8-9-18)10-15(12-16)14-6-4-3-5-7-14/h3-7,10-12,18H,2,8-9H2,1H3. The Morgan fingerprint density at radius 3 is 2.50 bits per heavy atom. The normalized spacial score (nSPS) is 10.3. The Morgan fingerprint density at radius 1 is 1.10 bits per heavy atom. The maximum atomic E-state index is 11.9. The molecule has 3 nitrogen and oxygen atoms in total. The molecule has 3 heteroatoms. The minimum atomic E-state index is -0.329. The van der Waals surface area contributed by atoms with Crippen LogP contribution < -0.4 is 0 Å². The van der Waals surface area contributed by atoms with Crippen molar-refractivity contribution >= 4 is 5.97 Å².